The van der Waals surface area contributed by atoms with Crippen LogP contribution >= 0.6 is 0 Å². The summed E-state index contributed by atoms with van der Waals surface area (Å²) >= 11 is 0. The average molecular weight is 152 g/mol. The summed E-state index contributed by atoms with van der Waals surface area (Å²) in [5, 5.41) is 3.94. The van der Waals surface area contributed by atoms with E-state index in [-0.39, 0.29) is 0 Å². The Labute approximate surface area is 67.9 Å². The van der Waals surface area contributed by atoms with E-state index in [1.165, 1.54) is 44.2 Å². The zero-order valence-corrected chi connectivity index (χ0v) is 6.97. The highest BCUT2D eigenvalue weighted by atomic mass is 15.1. The van der Waals surface area contributed by atoms with Crippen molar-refractivity contribution < 1.29 is 0 Å². The minimum Gasteiger partial charge on any atom is -0.323 e. The maximum absolute atomic E-state index is 5.38. The first kappa shape index (κ1) is 7.14. The van der Waals surface area contributed by atoms with Crippen molar-refractivity contribution in [2.45, 2.75) is 44.9 Å². The predicted octanol–water partition coefficient (Wildman–Crippen LogP) is 2.05. The molecule has 0 aliphatic heterocycles. The molecule has 1 spiro atoms. The molecule has 0 saturated heterocycles. The number of nitrogens with two attached hydrogens (primary N) is 1. The molecular formula is C9H16N2. The third-order valence-electron chi connectivity index (χ3n) is 3.40. The van der Waals surface area contributed by atoms with Gasteiger partial charge in [-0.3, -0.25) is 0 Å². The van der Waals surface area contributed by atoms with Gasteiger partial charge in [-0.2, -0.15) is 5.10 Å². The summed E-state index contributed by atoms with van der Waals surface area (Å²) in [6, 6.07) is 0. The third kappa shape index (κ3) is 0.959. The maximum Gasteiger partial charge on any atom is 0.0437 e. The molecule has 62 valence electrons. The van der Waals surface area contributed by atoms with Crippen LogP contribution in [0.15, 0.2) is 5.10 Å². The minimum absolute atomic E-state index is 0.481. The molecule has 2 aliphatic rings. The first-order valence-electron chi connectivity index (χ1n) is 4.65. The van der Waals surface area contributed by atoms with Crippen LogP contribution in [0, 0.1) is 5.41 Å². The molecule has 2 rings (SSSR count). The van der Waals surface area contributed by atoms with Crippen molar-refractivity contribution >= 4 is 5.71 Å². The topological polar surface area (TPSA) is 38.4 Å². The maximum atomic E-state index is 5.38. The molecule has 0 radical (unpaired) electrons. The van der Waals surface area contributed by atoms with E-state index >= 15 is 0 Å². The Morgan fingerprint density at radius 2 is 1.73 bits per heavy atom. The second-order valence-corrected chi connectivity index (χ2v) is 3.92. The van der Waals surface area contributed by atoms with E-state index in [1.54, 1.807) is 0 Å². The van der Waals surface area contributed by atoms with Crippen molar-refractivity contribution in [3.8, 4) is 0 Å². The van der Waals surface area contributed by atoms with Crippen molar-refractivity contribution in [1.29, 1.82) is 0 Å². The van der Waals surface area contributed by atoms with Crippen LogP contribution in [0.5, 0.6) is 0 Å². The predicted molar refractivity (Wildman–Crippen MR) is 46.4 cm³/mol. The Bertz CT molecular complexity index is 172. The molecule has 2 fully saturated rings. The second kappa shape index (κ2) is 2.50. The van der Waals surface area contributed by atoms with Crippen molar-refractivity contribution in [1.82, 2.24) is 0 Å². The first-order chi connectivity index (χ1) is 5.37. The minimum atomic E-state index is 0.481. The summed E-state index contributed by atoms with van der Waals surface area (Å²) < 4.78 is 0. The van der Waals surface area contributed by atoms with Crippen molar-refractivity contribution in [2.75, 3.05) is 0 Å². The monoisotopic (exact) mass is 152 g/mol. The van der Waals surface area contributed by atoms with Crippen LogP contribution in [0.25, 0.3) is 0 Å². The summed E-state index contributed by atoms with van der Waals surface area (Å²) in [5.74, 6) is 5.38. The van der Waals surface area contributed by atoms with Gasteiger partial charge < -0.3 is 5.84 Å². The molecule has 2 nitrogen and oxygen atoms in total. The summed E-state index contributed by atoms with van der Waals surface area (Å²) in [7, 11) is 0. The molecule has 2 heteroatoms. The molecule has 0 aromatic rings. The summed E-state index contributed by atoms with van der Waals surface area (Å²) in [5.41, 5.74) is 1.80. The van der Waals surface area contributed by atoms with E-state index in [0.29, 0.717) is 5.41 Å². The van der Waals surface area contributed by atoms with Crippen LogP contribution < -0.4 is 5.84 Å². The Morgan fingerprint density at radius 3 is 2.36 bits per heavy atom. The summed E-state index contributed by atoms with van der Waals surface area (Å²) in [6.45, 7) is 0. The fraction of sp³-hybridized carbons (Fsp3) is 0.889. The van der Waals surface area contributed by atoms with Gasteiger partial charge in [-0.05, 0) is 32.1 Å². The zero-order valence-electron chi connectivity index (χ0n) is 6.97. The van der Waals surface area contributed by atoms with Crippen molar-refractivity contribution in [2.24, 2.45) is 16.4 Å². The summed E-state index contributed by atoms with van der Waals surface area (Å²) in [6.07, 6.45) is 9.31. The number of hydrogen-bond acceptors (Lipinski definition) is 2. The van der Waals surface area contributed by atoms with Gasteiger partial charge in [0.25, 0.3) is 0 Å². The number of rotatable bonds is 0. The van der Waals surface area contributed by atoms with Gasteiger partial charge in [-0.15, -0.1) is 0 Å². The molecule has 0 atom stereocenters. The fourth-order valence-corrected chi connectivity index (χ4v) is 2.80. The fourth-order valence-electron chi connectivity index (χ4n) is 2.80. The SMILES string of the molecule is N/N=C1/CCCC12CCCC2. The normalized spacial score (nSPS) is 32.2. The molecular weight excluding hydrogens is 136 g/mol. The molecule has 11 heavy (non-hydrogen) atoms. The zero-order chi connectivity index (χ0) is 7.73. The van der Waals surface area contributed by atoms with Crippen LogP contribution in [0.1, 0.15) is 44.9 Å². The van der Waals surface area contributed by atoms with Crippen LogP contribution in [-0.2, 0) is 0 Å². The van der Waals surface area contributed by atoms with Crippen LogP contribution in [0.3, 0.4) is 0 Å². The average Bonchev–Trinajstić information content (AvgIpc) is 2.62. The Kier molecular flexibility index (Phi) is 1.63. The van der Waals surface area contributed by atoms with E-state index in [4.69, 9.17) is 5.84 Å². The van der Waals surface area contributed by atoms with Gasteiger partial charge >= 0.3 is 0 Å². The molecule has 0 amide bonds. The molecule has 2 N–H and O–H groups in total. The molecule has 0 aromatic carbocycles. The Hall–Kier alpha value is -0.530. The van der Waals surface area contributed by atoms with Gasteiger partial charge in [0.1, 0.15) is 0 Å². The van der Waals surface area contributed by atoms with E-state index in [0.717, 1.165) is 6.42 Å². The van der Waals surface area contributed by atoms with Crippen molar-refractivity contribution in [3.63, 3.8) is 0 Å². The molecule has 2 aliphatic carbocycles. The molecule has 2 saturated carbocycles. The molecule has 0 unspecified atom stereocenters. The largest absolute Gasteiger partial charge is 0.323 e. The molecule has 0 aromatic heterocycles. The third-order valence-corrected chi connectivity index (χ3v) is 3.40. The van der Waals surface area contributed by atoms with Crippen LogP contribution in [-0.4, -0.2) is 5.71 Å². The highest BCUT2D eigenvalue weighted by molar-refractivity contribution is 5.92. The van der Waals surface area contributed by atoms with E-state index in [2.05, 4.69) is 5.10 Å². The van der Waals surface area contributed by atoms with Gasteiger partial charge in [0.05, 0.1) is 0 Å². The van der Waals surface area contributed by atoms with Gasteiger partial charge in [0.15, 0.2) is 0 Å². The van der Waals surface area contributed by atoms with Gasteiger partial charge in [-0.25, -0.2) is 0 Å². The lowest BCUT2D eigenvalue weighted by molar-refractivity contribution is 0.427. The van der Waals surface area contributed by atoms with E-state index < -0.39 is 0 Å². The smallest absolute Gasteiger partial charge is 0.0437 e. The van der Waals surface area contributed by atoms with Crippen LogP contribution in [0.4, 0.5) is 0 Å². The molecule has 0 bridgehead atoms. The Morgan fingerprint density at radius 1 is 1.09 bits per heavy atom. The van der Waals surface area contributed by atoms with E-state index in [9.17, 15) is 0 Å². The number of hydrazone groups is 1. The van der Waals surface area contributed by atoms with Gasteiger partial charge in [0.2, 0.25) is 0 Å². The quantitative estimate of drug-likeness (QED) is 0.418. The standard InChI is InChI=1S/C9H16N2/c10-11-8-4-3-7-9(8)5-1-2-6-9/h1-7,10H2/b11-8-. The second-order valence-electron chi connectivity index (χ2n) is 3.92. The highest BCUT2D eigenvalue weighted by Crippen LogP contribution is 2.48. The number of hydrogen-bond donors (Lipinski definition) is 1. The Balaban J connectivity index is 2.22. The van der Waals surface area contributed by atoms with Crippen molar-refractivity contribution in [3.05, 3.63) is 0 Å². The lowest BCUT2D eigenvalue weighted by Gasteiger charge is -2.22. The van der Waals surface area contributed by atoms with Gasteiger partial charge in [-0.1, -0.05) is 12.8 Å². The van der Waals surface area contributed by atoms with E-state index in [1.807, 2.05) is 0 Å². The summed E-state index contributed by atoms with van der Waals surface area (Å²) in [4.78, 5) is 0. The number of nitrogens with zero attached hydrogens (tertiary/aromatic N) is 1. The van der Waals surface area contributed by atoms with Gasteiger partial charge in [0, 0.05) is 11.1 Å². The van der Waals surface area contributed by atoms with Crippen LogP contribution in [0.2, 0.25) is 0 Å². The lowest BCUT2D eigenvalue weighted by atomic mass is 9.83. The lowest BCUT2D eigenvalue weighted by Crippen LogP contribution is -2.22. The highest BCUT2D eigenvalue weighted by Gasteiger charge is 2.41. The first-order valence-corrected chi connectivity index (χ1v) is 4.65. The molecule has 0 heterocycles.